The van der Waals surface area contributed by atoms with Gasteiger partial charge in [-0.1, -0.05) is 50.2 Å². The number of aliphatic hydroxyl groups is 3. The zero-order valence-corrected chi connectivity index (χ0v) is 20.4. The minimum absolute atomic E-state index is 0. The van der Waals surface area contributed by atoms with E-state index < -0.39 is 42.8 Å². The van der Waals surface area contributed by atoms with E-state index in [4.69, 9.17) is 14.2 Å². The molecule has 0 aromatic heterocycles. The number of rotatable bonds is 9. The van der Waals surface area contributed by atoms with Crippen LogP contribution in [-0.2, 0) is 14.3 Å². The van der Waals surface area contributed by atoms with Crippen LogP contribution in [0.5, 0.6) is 5.75 Å². The average Bonchev–Trinajstić information content (AvgIpc) is 2.75. The number of aliphatic hydroxyl groups excluding tert-OH is 3. The van der Waals surface area contributed by atoms with Crippen LogP contribution in [0.2, 0.25) is 0 Å². The van der Waals surface area contributed by atoms with Gasteiger partial charge >= 0.3 is 29.6 Å². The fourth-order valence-electron chi connectivity index (χ4n) is 3.36. The molecule has 1 aliphatic heterocycles. The predicted octanol–water partition coefficient (Wildman–Crippen LogP) is -3.84. The Hall–Kier alpha value is -1.27. The van der Waals surface area contributed by atoms with Gasteiger partial charge in [0, 0.05) is 18.0 Å². The summed E-state index contributed by atoms with van der Waals surface area (Å²) < 4.78 is 16.9. The number of ether oxygens (including phenoxy) is 3. The molecule has 2 aromatic carbocycles. The Morgan fingerprint density at radius 1 is 1.09 bits per heavy atom. The second-order valence-electron chi connectivity index (χ2n) is 7.83. The van der Waals surface area contributed by atoms with Gasteiger partial charge in [-0.15, -0.1) is 0 Å². The molecular weight excluding hydrogens is 429 g/mol. The maximum atomic E-state index is 11.2. The summed E-state index contributed by atoms with van der Waals surface area (Å²) in [6.45, 7) is 4.26. The molecule has 2 aromatic rings. The maximum Gasteiger partial charge on any atom is 1.00 e. The summed E-state index contributed by atoms with van der Waals surface area (Å²) in [7, 11) is 0. The van der Waals surface area contributed by atoms with Gasteiger partial charge in [0.15, 0.2) is 6.29 Å². The van der Waals surface area contributed by atoms with Gasteiger partial charge < -0.3 is 44.7 Å². The number of nitrogens with one attached hydrogen (secondary N) is 1. The molecule has 1 saturated heterocycles. The van der Waals surface area contributed by atoms with Crippen LogP contribution in [0.3, 0.4) is 0 Å². The van der Waals surface area contributed by atoms with Crippen molar-refractivity contribution in [1.82, 2.24) is 5.32 Å². The summed E-state index contributed by atoms with van der Waals surface area (Å²) in [6.07, 6.45) is -9.23. The van der Waals surface area contributed by atoms with Gasteiger partial charge in [-0.25, -0.2) is 0 Å². The first kappa shape index (κ1) is 27.0. The molecule has 10 heteroatoms. The second-order valence-corrected chi connectivity index (χ2v) is 7.83. The largest absolute Gasteiger partial charge is 1.00 e. The fraction of sp³-hybridized carbons (Fsp3) is 0.500. The van der Waals surface area contributed by atoms with Gasteiger partial charge in [0.1, 0.15) is 42.9 Å². The van der Waals surface area contributed by atoms with Crippen LogP contribution in [0.15, 0.2) is 42.5 Å². The number of fused-ring (bicyclic) bond motifs is 1. The number of aliphatic carboxylic acids is 1. The zero-order chi connectivity index (χ0) is 22.5. The summed E-state index contributed by atoms with van der Waals surface area (Å²) in [5.41, 5.74) is 0. The topological polar surface area (TPSA) is 141 Å². The predicted molar refractivity (Wildman–Crippen MR) is 109 cm³/mol. The zero-order valence-electron chi connectivity index (χ0n) is 18.4. The van der Waals surface area contributed by atoms with E-state index in [1.807, 2.05) is 56.3 Å². The fourth-order valence-corrected chi connectivity index (χ4v) is 3.36. The number of carboxylic acid groups (broad SMARTS) is 1. The molecule has 3 rings (SSSR count). The van der Waals surface area contributed by atoms with Crippen molar-refractivity contribution in [3.63, 3.8) is 0 Å². The molecule has 170 valence electrons. The van der Waals surface area contributed by atoms with Gasteiger partial charge in [-0.2, -0.15) is 0 Å². The molecule has 1 aliphatic rings. The summed E-state index contributed by atoms with van der Waals surface area (Å²) >= 11 is 0. The molecule has 0 bridgehead atoms. The van der Waals surface area contributed by atoms with Crippen LogP contribution < -0.4 is 44.7 Å². The van der Waals surface area contributed by atoms with Crippen molar-refractivity contribution in [2.45, 2.75) is 56.7 Å². The van der Waals surface area contributed by atoms with Gasteiger partial charge in [-0.05, 0) is 11.5 Å². The van der Waals surface area contributed by atoms with Gasteiger partial charge in [0.2, 0.25) is 0 Å². The molecule has 5 unspecified atom stereocenters. The van der Waals surface area contributed by atoms with Crippen molar-refractivity contribution in [1.29, 1.82) is 0 Å². The smallest absolute Gasteiger partial charge is 0.547 e. The molecular formula is C22H28NNaO8. The van der Waals surface area contributed by atoms with Gasteiger partial charge in [0.05, 0.1) is 5.97 Å². The van der Waals surface area contributed by atoms with Crippen molar-refractivity contribution in [3.05, 3.63) is 42.5 Å². The molecule has 6 atom stereocenters. The summed E-state index contributed by atoms with van der Waals surface area (Å²) in [4.78, 5) is 11.2. The van der Waals surface area contributed by atoms with Crippen LogP contribution in [0.1, 0.15) is 13.8 Å². The number of hydrogen-bond acceptors (Lipinski definition) is 9. The quantitative estimate of drug-likeness (QED) is 0.279. The Bertz CT molecular complexity index is 877. The van der Waals surface area contributed by atoms with Crippen LogP contribution in [0, 0.1) is 0 Å². The van der Waals surface area contributed by atoms with Gasteiger partial charge in [0.25, 0.3) is 0 Å². The summed E-state index contributed by atoms with van der Waals surface area (Å²) in [5.74, 6) is -1.07. The van der Waals surface area contributed by atoms with Gasteiger partial charge in [-0.3, -0.25) is 0 Å². The Balaban J connectivity index is 0.00000363. The molecule has 4 N–H and O–H groups in total. The minimum Gasteiger partial charge on any atom is -0.547 e. The van der Waals surface area contributed by atoms with E-state index in [1.165, 1.54) is 0 Å². The van der Waals surface area contributed by atoms with E-state index in [0.717, 1.165) is 10.8 Å². The number of hydrogen-bond donors (Lipinski definition) is 4. The Morgan fingerprint density at radius 3 is 2.47 bits per heavy atom. The van der Waals surface area contributed by atoms with Crippen molar-refractivity contribution in [2.75, 3.05) is 13.2 Å². The van der Waals surface area contributed by atoms with Crippen molar-refractivity contribution >= 4 is 16.7 Å². The van der Waals surface area contributed by atoms with E-state index in [9.17, 15) is 25.2 Å². The molecule has 9 nitrogen and oxygen atoms in total. The maximum absolute atomic E-state index is 11.2. The molecule has 1 fully saturated rings. The second kappa shape index (κ2) is 12.3. The van der Waals surface area contributed by atoms with E-state index in [-0.39, 0.29) is 42.2 Å². The molecule has 0 aliphatic carbocycles. The van der Waals surface area contributed by atoms with Crippen LogP contribution in [-0.4, -0.2) is 77.3 Å². The third-order valence-corrected chi connectivity index (χ3v) is 5.06. The Labute approximate surface area is 208 Å². The summed E-state index contributed by atoms with van der Waals surface area (Å²) in [5, 5.41) is 46.4. The molecule has 1 heterocycles. The number of carbonyl (C=O) groups excluding carboxylic acids is 1. The Morgan fingerprint density at radius 2 is 1.78 bits per heavy atom. The number of benzene rings is 2. The molecule has 32 heavy (non-hydrogen) atoms. The molecule has 0 amide bonds. The van der Waals surface area contributed by atoms with Crippen molar-refractivity contribution < 1.29 is 69.0 Å². The van der Waals surface area contributed by atoms with E-state index in [0.29, 0.717) is 12.3 Å². The third-order valence-electron chi connectivity index (χ3n) is 5.06. The van der Waals surface area contributed by atoms with Crippen molar-refractivity contribution in [2.24, 2.45) is 0 Å². The summed E-state index contributed by atoms with van der Waals surface area (Å²) in [6, 6.07) is 13.5. The van der Waals surface area contributed by atoms with E-state index in [1.54, 1.807) is 0 Å². The number of carbonyl (C=O) groups is 1. The molecule has 0 saturated carbocycles. The minimum atomic E-state index is -1.83. The third kappa shape index (κ3) is 6.63. The first-order chi connectivity index (χ1) is 14.8. The van der Waals surface area contributed by atoms with Crippen molar-refractivity contribution in [3.8, 4) is 5.75 Å². The standard InChI is InChI=1S/C22H29NO8.Na/c1-12(2)23-10-14(11-29-16-9-5-7-13-6-3-4-8-15(13)16)30-22-19(26)17(24)18(25)20(31-22)21(27)28;/h3-9,12,14,17-20,22-26H,10-11H2,1-2H3,(H,27,28);/q;+1/p-1/t14-,17?,18?,19?,20?,22?;/m0./s1. The Kier molecular flexibility index (Phi) is 10.3. The van der Waals surface area contributed by atoms with E-state index in [2.05, 4.69) is 5.32 Å². The van der Waals surface area contributed by atoms with Crippen LogP contribution in [0.4, 0.5) is 0 Å². The monoisotopic (exact) mass is 457 g/mol. The van der Waals surface area contributed by atoms with E-state index >= 15 is 0 Å². The normalized spacial score (nSPS) is 26.5. The molecule has 0 radical (unpaired) electrons. The molecule has 0 spiro atoms. The number of carboxylic acids is 1. The van der Waals surface area contributed by atoms with Crippen LogP contribution >= 0.6 is 0 Å². The SMILES string of the molecule is CC(C)NC[C@@H](COc1cccc2ccccc12)OC1OC(C(=O)[O-])C(O)C(O)C1O.[Na+]. The van der Waals surface area contributed by atoms with Crippen LogP contribution in [0.25, 0.3) is 10.8 Å². The average molecular weight is 457 g/mol. The first-order valence-electron chi connectivity index (χ1n) is 10.2. The first-order valence-corrected chi connectivity index (χ1v) is 10.2.